The zero-order chi connectivity index (χ0) is 30.3. The molecule has 0 aliphatic heterocycles. The van der Waals surface area contributed by atoms with Gasteiger partial charge in [0, 0.05) is 20.0 Å². The molecule has 1 atom stereocenters. The number of benzene rings is 4. The van der Waals surface area contributed by atoms with Gasteiger partial charge in [-0.15, -0.1) is 0 Å². The number of aryl methyl sites for hydroxylation is 3. The summed E-state index contributed by atoms with van der Waals surface area (Å²) < 4.78 is 29.3. The lowest BCUT2D eigenvalue weighted by molar-refractivity contribution is -0.139. The Balaban J connectivity index is 1.81. The van der Waals surface area contributed by atoms with Crippen LogP contribution >= 0.6 is 0 Å². The van der Waals surface area contributed by atoms with Crippen molar-refractivity contribution in [2.75, 3.05) is 17.9 Å². The van der Waals surface area contributed by atoms with E-state index in [0.717, 1.165) is 32.1 Å². The van der Waals surface area contributed by atoms with E-state index in [-0.39, 0.29) is 23.8 Å². The number of anilines is 1. The van der Waals surface area contributed by atoms with Crippen LogP contribution in [0.25, 0.3) is 0 Å². The number of carbonyl (C=O) groups is 2. The SMILES string of the molecule is CNC(=O)[C@H](Cc1ccccc1)N(Cc1cccc(C)c1)C(=O)CN(c1ccc(C)cc1C)S(=O)(=O)c1ccccc1. The Hall–Kier alpha value is -4.43. The van der Waals surface area contributed by atoms with Crippen LogP contribution in [0, 0.1) is 20.8 Å². The number of nitrogens with one attached hydrogen (secondary N) is 1. The molecule has 0 aromatic heterocycles. The third-order valence-corrected chi connectivity index (χ3v) is 8.96. The monoisotopic (exact) mass is 583 g/mol. The largest absolute Gasteiger partial charge is 0.357 e. The average Bonchev–Trinajstić information content (AvgIpc) is 2.98. The van der Waals surface area contributed by atoms with Crippen LogP contribution in [0.2, 0.25) is 0 Å². The Morgan fingerprint density at radius 3 is 2.00 bits per heavy atom. The minimum absolute atomic E-state index is 0.0788. The molecule has 42 heavy (non-hydrogen) atoms. The molecule has 4 rings (SSSR count). The highest BCUT2D eigenvalue weighted by molar-refractivity contribution is 7.92. The third-order valence-electron chi connectivity index (χ3n) is 7.18. The molecule has 0 radical (unpaired) electrons. The number of carbonyl (C=O) groups excluding carboxylic acids is 2. The number of nitrogens with zero attached hydrogens (tertiary/aromatic N) is 2. The molecule has 0 unspecified atom stereocenters. The summed E-state index contributed by atoms with van der Waals surface area (Å²) in [5, 5.41) is 2.71. The van der Waals surface area contributed by atoms with E-state index < -0.39 is 28.5 Å². The molecule has 0 bridgehead atoms. The van der Waals surface area contributed by atoms with E-state index in [2.05, 4.69) is 5.32 Å². The Morgan fingerprint density at radius 1 is 0.762 bits per heavy atom. The summed E-state index contributed by atoms with van der Waals surface area (Å²) in [4.78, 5) is 29.3. The van der Waals surface area contributed by atoms with Crippen LogP contribution in [-0.4, -0.2) is 44.8 Å². The molecule has 218 valence electrons. The van der Waals surface area contributed by atoms with Crippen LogP contribution in [0.3, 0.4) is 0 Å². The van der Waals surface area contributed by atoms with Crippen molar-refractivity contribution in [3.8, 4) is 0 Å². The standard InChI is InChI=1S/C34H37N3O4S/c1-25-12-11-15-29(21-25)23-36(32(34(39)35-4)22-28-13-7-5-8-14-28)33(38)24-37(31-19-18-26(2)20-27(31)3)42(40,41)30-16-9-6-10-17-30/h5-21,32H,22-24H2,1-4H3,(H,35,39)/t32-/m0/s1. The average molecular weight is 584 g/mol. The molecule has 4 aromatic rings. The van der Waals surface area contributed by atoms with Crippen LogP contribution in [0.1, 0.15) is 27.8 Å². The fraction of sp³-hybridized carbons (Fsp3) is 0.235. The van der Waals surface area contributed by atoms with Gasteiger partial charge in [-0.3, -0.25) is 13.9 Å². The minimum Gasteiger partial charge on any atom is -0.357 e. The van der Waals surface area contributed by atoms with E-state index in [0.29, 0.717) is 5.69 Å². The van der Waals surface area contributed by atoms with Gasteiger partial charge >= 0.3 is 0 Å². The van der Waals surface area contributed by atoms with Crippen molar-refractivity contribution in [3.63, 3.8) is 0 Å². The first kappa shape index (κ1) is 30.5. The molecule has 0 saturated carbocycles. The summed E-state index contributed by atoms with van der Waals surface area (Å²) in [5.74, 6) is -0.815. The molecule has 0 saturated heterocycles. The molecule has 0 fully saturated rings. The van der Waals surface area contributed by atoms with Crippen molar-refractivity contribution in [1.29, 1.82) is 0 Å². The summed E-state index contributed by atoms with van der Waals surface area (Å²) >= 11 is 0. The zero-order valence-corrected chi connectivity index (χ0v) is 25.3. The van der Waals surface area contributed by atoms with E-state index in [9.17, 15) is 18.0 Å². The third kappa shape index (κ3) is 7.25. The lowest BCUT2D eigenvalue weighted by Crippen LogP contribution is -2.53. The van der Waals surface area contributed by atoms with Crippen LogP contribution in [0.15, 0.2) is 108 Å². The highest BCUT2D eigenvalue weighted by atomic mass is 32.2. The van der Waals surface area contributed by atoms with Gasteiger partial charge in [-0.25, -0.2) is 8.42 Å². The molecule has 2 amide bonds. The molecule has 7 nitrogen and oxygen atoms in total. The van der Waals surface area contributed by atoms with Crippen LogP contribution in [0.5, 0.6) is 0 Å². The number of sulfonamides is 1. The van der Waals surface area contributed by atoms with Crippen LogP contribution in [-0.2, 0) is 32.6 Å². The van der Waals surface area contributed by atoms with Crippen molar-refractivity contribution in [1.82, 2.24) is 10.2 Å². The summed E-state index contributed by atoms with van der Waals surface area (Å²) in [6.07, 6.45) is 0.271. The van der Waals surface area contributed by atoms with Gasteiger partial charge < -0.3 is 10.2 Å². The van der Waals surface area contributed by atoms with Crippen molar-refractivity contribution in [2.45, 2.75) is 44.7 Å². The molecule has 0 aliphatic rings. The fourth-order valence-corrected chi connectivity index (χ4v) is 6.55. The van der Waals surface area contributed by atoms with E-state index in [1.54, 1.807) is 24.3 Å². The van der Waals surface area contributed by atoms with E-state index in [1.165, 1.54) is 24.1 Å². The minimum atomic E-state index is -4.12. The second-order valence-corrected chi connectivity index (χ2v) is 12.3. The zero-order valence-electron chi connectivity index (χ0n) is 24.4. The first-order valence-corrected chi connectivity index (χ1v) is 15.3. The van der Waals surface area contributed by atoms with E-state index in [1.807, 2.05) is 87.5 Å². The van der Waals surface area contributed by atoms with Gasteiger partial charge in [-0.2, -0.15) is 0 Å². The first-order chi connectivity index (χ1) is 20.1. The predicted octanol–water partition coefficient (Wildman–Crippen LogP) is 5.19. The molecule has 4 aromatic carbocycles. The fourth-order valence-electron chi connectivity index (χ4n) is 5.05. The first-order valence-electron chi connectivity index (χ1n) is 13.9. The number of hydrogen-bond acceptors (Lipinski definition) is 4. The van der Waals surface area contributed by atoms with Gasteiger partial charge in [-0.1, -0.05) is 96.1 Å². The maximum absolute atomic E-state index is 14.4. The quantitative estimate of drug-likeness (QED) is 0.263. The second-order valence-electron chi connectivity index (χ2n) is 10.4. The second kappa shape index (κ2) is 13.5. The summed E-state index contributed by atoms with van der Waals surface area (Å²) in [6.45, 7) is 5.38. The molecule has 0 heterocycles. The van der Waals surface area contributed by atoms with Gasteiger partial charge in [0.15, 0.2) is 0 Å². The van der Waals surface area contributed by atoms with Crippen molar-refractivity contribution < 1.29 is 18.0 Å². The molecule has 0 spiro atoms. The van der Waals surface area contributed by atoms with Crippen molar-refractivity contribution in [3.05, 3.63) is 131 Å². The topological polar surface area (TPSA) is 86.8 Å². The lowest BCUT2D eigenvalue weighted by atomic mass is 10.0. The van der Waals surface area contributed by atoms with E-state index >= 15 is 0 Å². The Kier molecular flexibility index (Phi) is 9.80. The molecular weight excluding hydrogens is 546 g/mol. The summed E-state index contributed by atoms with van der Waals surface area (Å²) in [7, 11) is -2.58. The van der Waals surface area contributed by atoms with Gasteiger partial charge in [0.25, 0.3) is 10.0 Å². The van der Waals surface area contributed by atoms with E-state index in [4.69, 9.17) is 0 Å². The highest BCUT2D eigenvalue weighted by Crippen LogP contribution is 2.28. The Labute approximate surface area is 248 Å². The predicted molar refractivity (Wildman–Crippen MR) is 167 cm³/mol. The van der Waals surface area contributed by atoms with Gasteiger partial charge in [0.2, 0.25) is 11.8 Å². The Bertz CT molecular complexity index is 1640. The summed E-state index contributed by atoms with van der Waals surface area (Å²) in [6, 6.07) is 29.9. The molecule has 0 aliphatic carbocycles. The molecule has 1 N–H and O–H groups in total. The normalized spacial score (nSPS) is 11.9. The maximum atomic E-state index is 14.4. The lowest BCUT2D eigenvalue weighted by Gasteiger charge is -2.34. The van der Waals surface area contributed by atoms with Gasteiger partial charge in [0.05, 0.1) is 10.6 Å². The molecular formula is C34H37N3O4S. The van der Waals surface area contributed by atoms with Crippen molar-refractivity contribution >= 4 is 27.5 Å². The number of rotatable bonds is 11. The van der Waals surface area contributed by atoms with Crippen molar-refractivity contribution in [2.24, 2.45) is 0 Å². The highest BCUT2D eigenvalue weighted by Gasteiger charge is 2.34. The number of hydrogen-bond donors (Lipinski definition) is 1. The maximum Gasteiger partial charge on any atom is 0.264 e. The number of likely N-dealkylation sites (N-methyl/N-ethyl adjacent to an activating group) is 1. The molecule has 8 heteroatoms. The smallest absolute Gasteiger partial charge is 0.264 e. The van der Waals surface area contributed by atoms with Gasteiger partial charge in [-0.05, 0) is 55.7 Å². The van der Waals surface area contributed by atoms with Crippen LogP contribution < -0.4 is 9.62 Å². The van der Waals surface area contributed by atoms with Gasteiger partial charge in [0.1, 0.15) is 12.6 Å². The number of amides is 2. The van der Waals surface area contributed by atoms with Crippen LogP contribution in [0.4, 0.5) is 5.69 Å². The summed E-state index contributed by atoms with van der Waals surface area (Å²) in [5.41, 5.74) is 4.85. The Morgan fingerprint density at radius 2 is 1.38 bits per heavy atom.